The highest BCUT2D eigenvalue weighted by molar-refractivity contribution is 5.89. The molecular formula is C27H27FO8. The number of hydrogen-bond donors (Lipinski definition) is 0. The number of benzene rings is 3. The second kappa shape index (κ2) is 10.6. The van der Waals surface area contributed by atoms with E-state index in [0.29, 0.717) is 40.1 Å². The highest BCUT2D eigenvalue weighted by atomic mass is 19.1. The van der Waals surface area contributed by atoms with Gasteiger partial charge in [0.15, 0.2) is 17.6 Å². The fourth-order valence-corrected chi connectivity index (χ4v) is 4.17. The number of carbonyl (C=O) groups excluding carboxylic acids is 1. The lowest BCUT2D eigenvalue weighted by atomic mass is 9.93. The standard InChI is InChI=1S/C27H27FO8/c1-30-18-12-20(31-2)19-14-24(36-27(29)15-6-8-17(28)9-7-15)25(35-21(19)13-18)16-10-22(32-3)26(34-5)23(11-16)33-4/h6-13,24-25H,14H2,1-5H3. The molecule has 0 aliphatic carbocycles. The van der Waals surface area contributed by atoms with Crippen molar-refractivity contribution in [1.29, 1.82) is 0 Å². The van der Waals surface area contributed by atoms with Crippen molar-refractivity contribution in [2.45, 2.75) is 18.6 Å². The maximum absolute atomic E-state index is 13.4. The zero-order chi connectivity index (χ0) is 25.8. The van der Waals surface area contributed by atoms with Crippen molar-refractivity contribution in [3.63, 3.8) is 0 Å². The van der Waals surface area contributed by atoms with Crippen LogP contribution in [0.25, 0.3) is 0 Å². The number of ether oxygens (including phenoxy) is 7. The van der Waals surface area contributed by atoms with E-state index in [1.54, 1.807) is 38.5 Å². The van der Waals surface area contributed by atoms with Crippen LogP contribution in [0.2, 0.25) is 0 Å². The first-order valence-corrected chi connectivity index (χ1v) is 11.1. The smallest absolute Gasteiger partial charge is 0.338 e. The minimum Gasteiger partial charge on any atom is -0.496 e. The van der Waals surface area contributed by atoms with E-state index >= 15 is 0 Å². The predicted octanol–water partition coefficient (Wildman–Crippen LogP) is 4.77. The quantitative estimate of drug-likeness (QED) is 0.411. The van der Waals surface area contributed by atoms with Gasteiger partial charge >= 0.3 is 5.97 Å². The lowest BCUT2D eigenvalue weighted by Crippen LogP contribution is -2.35. The van der Waals surface area contributed by atoms with Gasteiger partial charge in [-0.3, -0.25) is 0 Å². The van der Waals surface area contributed by atoms with Gasteiger partial charge in [0.1, 0.15) is 29.2 Å². The molecule has 3 aromatic carbocycles. The zero-order valence-corrected chi connectivity index (χ0v) is 20.6. The molecule has 2 unspecified atom stereocenters. The minimum absolute atomic E-state index is 0.215. The van der Waals surface area contributed by atoms with Crippen LogP contribution in [0.1, 0.15) is 27.6 Å². The van der Waals surface area contributed by atoms with E-state index in [2.05, 4.69) is 0 Å². The third kappa shape index (κ3) is 4.82. The van der Waals surface area contributed by atoms with E-state index in [1.165, 1.54) is 45.6 Å². The summed E-state index contributed by atoms with van der Waals surface area (Å²) in [5.41, 5.74) is 1.57. The van der Waals surface area contributed by atoms with Crippen LogP contribution in [0, 0.1) is 5.82 Å². The summed E-state index contributed by atoms with van der Waals surface area (Å²) < 4.78 is 53.1. The summed E-state index contributed by atoms with van der Waals surface area (Å²) in [7, 11) is 7.63. The number of esters is 1. The topological polar surface area (TPSA) is 81.7 Å². The average Bonchev–Trinajstić information content (AvgIpc) is 2.91. The highest BCUT2D eigenvalue weighted by Gasteiger charge is 2.37. The molecule has 1 aliphatic rings. The largest absolute Gasteiger partial charge is 0.496 e. The fraction of sp³-hybridized carbons (Fsp3) is 0.296. The molecule has 0 saturated heterocycles. The van der Waals surface area contributed by atoms with E-state index in [1.807, 2.05) is 0 Å². The highest BCUT2D eigenvalue weighted by Crippen LogP contribution is 2.46. The number of hydrogen-bond acceptors (Lipinski definition) is 8. The number of fused-ring (bicyclic) bond motifs is 1. The molecule has 4 rings (SSSR count). The molecule has 190 valence electrons. The molecule has 36 heavy (non-hydrogen) atoms. The minimum atomic E-state index is -0.764. The first-order chi connectivity index (χ1) is 17.4. The molecule has 0 aromatic heterocycles. The number of carbonyl (C=O) groups is 1. The molecular weight excluding hydrogens is 471 g/mol. The summed E-state index contributed by atoms with van der Waals surface area (Å²) in [6.07, 6.45) is -1.22. The van der Waals surface area contributed by atoms with Crippen molar-refractivity contribution in [3.05, 3.63) is 71.0 Å². The summed E-state index contributed by atoms with van der Waals surface area (Å²) in [6, 6.07) is 12.1. The van der Waals surface area contributed by atoms with Gasteiger partial charge in [-0.25, -0.2) is 9.18 Å². The molecule has 0 saturated carbocycles. The van der Waals surface area contributed by atoms with Crippen LogP contribution in [-0.2, 0) is 11.2 Å². The Kier molecular flexibility index (Phi) is 7.38. The van der Waals surface area contributed by atoms with E-state index in [0.717, 1.165) is 5.56 Å². The average molecular weight is 499 g/mol. The number of rotatable bonds is 8. The van der Waals surface area contributed by atoms with Crippen LogP contribution in [-0.4, -0.2) is 47.6 Å². The molecule has 8 nitrogen and oxygen atoms in total. The van der Waals surface area contributed by atoms with Gasteiger partial charge in [0.05, 0.1) is 41.1 Å². The Labute approximate surface area is 208 Å². The maximum atomic E-state index is 13.4. The predicted molar refractivity (Wildman–Crippen MR) is 128 cm³/mol. The third-order valence-electron chi connectivity index (χ3n) is 5.95. The second-order valence-electron chi connectivity index (χ2n) is 7.96. The summed E-state index contributed by atoms with van der Waals surface area (Å²) in [5.74, 6) is 1.82. The molecule has 1 heterocycles. The van der Waals surface area contributed by atoms with Crippen LogP contribution < -0.4 is 28.4 Å². The lowest BCUT2D eigenvalue weighted by Gasteiger charge is -2.34. The summed E-state index contributed by atoms with van der Waals surface area (Å²) in [5, 5.41) is 0. The number of halogens is 1. The van der Waals surface area contributed by atoms with Gasteiger partial charge in [0.25, 0.3) is 0 Å². The van der Waals surface area contributed by atoms with E-state index < -0.39 is 24.0 Å². The number of methoxy groups -OCH3 is 5. The fourth-order valence-electron chi connectivity index (χ4n) is 4.17. The molecule has 0 bridgehead atoms. The van der Waals surface area contributed by atoms with Crippen molar-refractivity contribution in [3.8, 4) is 34.5 Å². The van der Waals surface area contributed by atoms with Crippen molar-refractivity contribution < 1.29 is 42.3 Å². The molecule has 0 N–H and O–H groups in total. The molecule has 2 atom stereocenters. The van der Waals surface area contributed by atoms with Crippen molar-refractivity contribution in [2.24, 2.45) is 0 Å². The van der Waals surface area contributed by atoms with Crippen molar-refractivity contribution in [2.75, 3.05) is 35.5 Å². The third-order valence-corrected chi connectivity index (χ3v) is 5.95. The lowest BCUT2D eigenvalue weighted by molar-refractivity contribution is -0.0188. The summed E-state index contributed by atoms with van der Waals surface area (Å²) in [6.45, 7) is 0. The van der Waals surface area contributed by atoms with Crippen LogP contribution in [0.3, 0.4) is 0 Å². The first-order valence-electron chi connectivity index (χ1n) is 11.1. The zero-order valence-electron chi connectivity index (χ0n) is 20.6. The molecule has 0 fully saturated rings. The van der Waals surface area contributed by atoms with E-state index in [9.17, 15) is 9.18 Å². The van der Waals surface area contributed by atoms with Gasteiger partial charge < -0.3 is 33.2 Å². The van der Waals surface area contributed by atoms with Gasteiger partial charge in [0, 0.05) is 29.7 Å². The van der Waals surface area contributed by atoms with Crippen molar-refractivity contribution in [1.82, 2.24) is 0 Å². The Hall–Kier alpha value is -4.14. The summed E-state index contributed by atoms with van der Waals surface area (Å²) >= 11 is 0. The van der Waals surface area contributed by atoms with Gasteiger partial charge in [-0.15, -0.1) is 0 Å². The van der Waals surface area contributed by atoms with E-state index in [4.69, 9.17) is 33.2 Å². The Morgan fingerprint density at radius 2 is 1.47 bits per heavy atom. The molecule has 0 spiro atoms. The maximum Gasteiger partial charge on any atom is 0.338 e. The van der Waals surface area contributed by atoms with Gasteiger partial charge in [0.2, 0.25) is 5.75 Å². The molecule has 0 amide bonds. The monoisotopic (exact) mass is 498 g/mol. The normalized spacial score (nSPS) is 16.3. The Balaban J connectivity index is 1.79. The Morgan fingerprint density at radius 3 is 2.03 bits per heavy atom. The van der Waals surface area contributed by atoms with Crippen molar-refractivity contribution >= 4 is 5.97 Å². The molecule has 1 aliphatic heterocycles. The SMILES string of the molecule is COc1cc(OC)c2c(c1)OC(c1cc(OC)c(OC)c(OC)c1)C(OC(=O)c1ccc(F)cc1)C2. The molecule has 0 radical (unpaired) electrons. The summed E-state index contributed by atoms with van der Waals surface area (Å²) in [4.78, 5) is 13.0. The van der Waals surface area contributed by atoms with Gasteiger partial charge in [-0.1, -0.05) is 0 Å². The van der Waals surface area contributed by atoms with Gasteiger partial charge in [-0.05, 0) is 36.4 Å². The van der Waals surface area contributed by atoms with Crippen LogP contribution >= 0.6 is 0 Å². The Morgan fingerprint density at radius 1 is 0.833 bits per heavy atom. The first kappa shape index (κ1) is 25.0. The van der Waals surface area contributed by atoms with Crippen LogP contribution in [0.4, 0.5) is 4.39 Å². The molecule has 3 aromatic rings. The second-order valence-corrected chi connectivity index (χ2v) is 7.96. The van der Waals surface area contributed by atoms with Gasteiger partial charge in [-0.2, -0.15) is 0 Å². The molecule has 9 heteroatoms. The van der Waals surface area contributed by atoms with Crippen LogP contribution in [0.5, 0.6) is 34.5 Å². The van der Waals surface area contributed by atoms with E-state index in [-0.39, 0.29) is 12.0 Å². The van der Waals surface area contributed by atoms with Crippen LogP contribution in [0.15, 0.2) is 48.5 Å². The Bertz CT molecular complexity index is 1220.